The number of hydrogen-bond donors (Lipinski definition) is 1. The number of aryl methyl sites for hydroxylation is 1. The van der Waals surface area contributed by atoms with Crippen molar-refractivity contribution < 1.29 is 9.21 Å². The molecule has 1 N–H and O–H groups in total. The van der Waals surface area contributed by atoms with Gasteiger partial charge in [0, 0.05) is 5.71 Å². The van der Waals surface area contributed by atoms with Gasteiger partial charge in [-0.05, 0) is 50.5 Å². The van der Waals surface area contributed by atoms with Gasteiger partial charge < -0.3 is 4.42 Å². The van der Waals surface area contributed by atoms with Gasteiger partial charge in [-0.1, -0.05) is 19.3 Å². The van der Waals surface area contributed by atoms with Crippen LogP contribution < -0.4 is 5.43 Å². The first-order valence-electron chi connectivity index (χ1n) is 7.64. The van der Waals surface area contributed by atoms with E-state index in [-0.39, 0.29) is 5.91 Å². The third-order valence-corrected chi connectivity index (χ3v) is 4.79. The number of rotatable bonds is 2. The Balaban J connectivity index is 1.59. The topological polar surface area (TPSA) is 54.6 Å². The number of hydrogen-bond acceptors (Lipinski definition) is 3. The van der Waals surface area contributed by atoms with Crippen molar-refractivity contribution in [2.45, 2.75) is 51.9 Å². The highest BCUT2D eigenvalue weighted by atomic mass is 16.3. The smallest absolute Gasteiger partial charge is 0.274 e. The largest absolute Gasteiger partial charge is 0.469 e. The highest BCUT2D eigenvalue weighted by Crippen LogP contribution is 2.39. The van der Waals surface area contributed by atoms with E-state index in [1.807, 2.05) is 0 Å². The average molecular weight is 274 g/mol. The molecule has 0 unspecified atom stereocenters. The number of carbonyl (C=O) groups is 1. The zero-order valence-corrected chi connectivity index (χ0v) is 12.0. The van der Waals surface area contributed by atoms with E-state index in [0.717, 1.165) is 30.4 Å². The SMILES string of the molecule is Cc1occc1C(=O)N/N=C1/CC[C@H]2CCCC[C@H]2C1. The van der Waals surface area contributed by atoms with Gasteiger partial charge in [-0.25, -0.2) is 5.43 Å². The lowest BCUT2D eigenvalue weighted by atomic mass is 9.70. The van der Waals surface area contributed by atoms with Crippen LogP contribution in [0.15, 0.2) is 21.8 Å². The van der Waals surface area contributed by atoms with Crippen LogP contribution in [0.25, 0.3) is 0 Å². The Labute approximate surface area is 119 Å². The zero-order chi connectivity index (χ0) is 13.9. The van der Waals surface area contributed by atoms with E-state index in [4.69, 9.17) is 4.42 Å². The van der Waals surface area contributed by atoms with Crippen molar-refractivity contribution in [3.63, 3.8) is 0 Å². The number of hydrazone groups is 1. The summed E-state index contributed by atoms with van der Waals surface area (Å²) in [6, 6.07) is 1.68. The van der Waals surface area contributed by atoms with Crippen molar-refractivity contribution in [2.24, 2.45) is 16.9 Å². The molecule has 0 aliphatic heterocycles. The van der Waals surface area contributed by atoms with Crippen LogP contribution in [0.4, 0.5) is 0 Å². The molecule has 1 amide bonds. The average Bonchev–Trinajstić information content (AvgIpc) is 2.91. The monoisotopic (exact) mass is 274 g/mol. The van der Waals surface area contributed by atoms with Gasteiger partial charge in [0.1, 0.15) is 5.76 Å². The van der Waals surface area contributed by atoms with E-state index in [0.29, 0.717) is 11.3 Å². The highest BCUT2D eigenvalue weighted by Gasteiger charge is 2.30. The minimum atomic E-state index is -0.172. The quantitative estimate of drug-likeness (QED) is 0.837. The second kappa shape index (κ2) is 5.81. The zero-order valence-electron chi connectivity index (χ0n) is 12.0. The lowest BCUT2D eigenvalue weighted by molar-refractivity contribution is 0.0952. The van der Waals surface area contributed by atoms with Crippen LogP contribution in [0.2, 0.25) is 0 Å². The van der Waals surface area contributed by atoms with Crippen molar-refractivity contribution in [2.75, 3.05) is 0 Å². The molecule has 2 saturated carbocycles. The van der Waals surface area contributed by atoms with Gasteiger partial charge in [0.2, 0.25) is 0 Å². The maximum absolute atomic E-state index is 12.0. The fourth-order valence-corrected chi connectivity index (χ4v) is 3.60. The molecule has 4 nitrogen and oxygen atoms in total. The Kier molecular flexibility index (Phi) is 3.90. The van der Waals surface area contributed by atoms with Crippen molar-refractivity contribution in [1.82, 2.24) is 5.43 Å². The molecule has 1 aromatic heterocycles. The molecule has 3 rings (SSSR count). The van der Waals surface area contributed by atoms with Gasteiger partial charge in [0.05, 0.1) is 11.8 Å². The summed E-state index contributed by atoms with van der Waals surface area (Å²) in [5.41, 5.74) is 4.41. The number of amides is 1. The second-order valence-corrected chi connectivity index (χ2v) is 6.06. The third-order valence-electron chi connectivity index (χ3n) is 4.79. The van der Waals surface area contributed by atoms with E-state index in [9.17, 15) is 4.79 Å². The number of nitrogens with zero attached hydrogens (tertiary/aromatic N) is 1. The summed E-state index contributed by atoms with van der Waals surface area (Å²) in [5, 5.41) is 4.35. The summed E-state index contributed by atoms with van der Waals surface area (Å²) < 4.78 is 5.14. The molecule has 0 saturated heterocycles. The number of nitrogens with one attached hydrogen (secondary N) is 1. The Morgan fingerprint density at radius 3 is 2.85 bits per heavy atom. The molecule has 0 radical (unpaired) electrons. The predicted octanol–water partition coefficient (Wildman–Crippen LogP) is 3.66. The maximum atomic E-state index is 12.0. The van der Waals surface area contributed by atoms with Crippen LogP contribution in [0.5, 0.6) is 0 Å². The van der Waals surface area contributed by atoms with E-state index in [1.165, 1.54) is 38.4 Å². The van der Waals surface area contributed by atoms with Gasteiger partial charge in [0.25, 0.3) is 5.91 Å². The molecule has 1 aromatic rings. The Bertz CT molecular complexity index is 518. The molecular weight excluding hydrogens is 252 g/mol. The van der Waals surface area contributed by atoms with Crippen molar-refractivity contribution in [3.8, 4) is 0 Å². The molecule has 108 valence electrons. The lowest BCUT2D eigenvalue weighted by Crippen LogP contribution is -2.29. The molecule has 0 aromatic carbocycles. The summed E-state index contributed by atoms with van der Waals surface area (Å²) >= 11 is 0. The molecule has 2 atom stereocenters. The first kappa shape index (κ1) is 13.4. The number of fused-ring (bicyclic) bond motifs is 1. The summed E-state index contributed by atoms with van der Waals surface area (Å²) in [6.45, 7) is 1.79. The molecule has 0 bridgehead atoms. The van der Waals surface area contributed by atoms with Gasteiger partial charge >= 0.3 is 0 Å². The van der Waals surface area contributed by atoms with E-state index >= 15 is 0 Å². The molecule has 2 aliphatic rings. The molecule has 2 fully saturated rings. The molecule has 0 spiro atoms. The maximum Gasteiger partial charge on any atom is 0.274 e. The molecule has 2 aliphatic carbocycles. The normalized spacial score (nSPS) is 28.1. The molecule has 4 heteroatoms. The number of furan rings is 1. The first-order valence-corrected chi connectivity index (χ1v) is 7.64. The lowest BCUT2D eigenvalue weighted by Gasteiger charge is -2.35. The van der Waals surface area contributed by atoms with Gasteiger partial charge in [0.15, 0.2) is 0 Å². The fourth-order valence-electron chi connectivity index (χ4n) is 3.60. The summed E-state index contributed by atoms with van der Waals surface area (Å²) in [7, 11) is 0. The minimum Gasteiger partial charge on any atom is -0.469 e. The number of carbonyl (C=O) groups excluding carboxylic acids is 1. The Morgan fingerprint density at radius 1 is 1.30 bits per heavy atom. The van der Waals surface area contributed by atoms with Crippen molar-refractivity contribution >= 4 is 11.6 Å². The van der Waals surface area contributed by atoms with E-state index < -0.39 is 0 Å². The van der Waals surface area contributed by atoms with E-state index in [1.54, 1.807) is 13.0 Å². The van der Waals surface area contributed by atoms with Gasteiger partial charge in [-0.3, -0.25) is 4.79 Å². The summed E-state index contributed by atoms with van der Waals surface area (Å²) in [6.07, 6.45) is 10.3. The Morgan fingerprint density at radius 2 is 2.10 bits per heavy atom. The molecule has 1 heterocycles. The minimum absolute atomic E-state index is 0.172. The van der Waals surface area contributed by atoms with Gasteiger partial charge in [-0.2, -0.15) is 5.10 Å². The van der Waals surface area contributed by atoms with Crippen LogP contribution >= 0.6 is 0 Å². The Hall–Kier alpha value is -1.58. The van der Waals surface area contributed by atoms with Crippen LogP contribution in [0.3, 0.4) is 0 Å². The van der Waals surface area contributed by atoms with Crippen LogP contribution in [0, 0.1) is 18.8 Å². The first-order chi connectivity index (χ1) is 9.74. The summed E-state index contributed by atoms with van der Waals surface area (Å²) in [4.78, 5) is 12.0. The van der Waals surface area contributed by atoms with Crippen molar-refractivity contribution in [1.29, 1.82) is 0 Å². The third kappa shape index (κ3) is 2.79. The fraction of sp³-hybridized carbons (Fsp3) is 0.625. The van der Waals surface area contributed by atoms with Gasteiger partial charge in [-0.15, -0.1) is 0 Å². The van der Waals surface area contributed by atoms with Crippen LogP contribution in [-0.4, -0.2) is 11.6 Å². The second-order valence-electron chi connectivity index (χ2n) is 6.06. The highest BCUT2D eigenvalue weighted by molar-refractivity contribution is 5.96. The van der Waals surface area contributed by atoms with Crippen LogP contribution in [0.1, 0.15) is 61.1 Å². The van der Waals surface area contributed by atoms with E-state index in [2.05, 4.69) is 10.5 Å². The molecular formula is C16H22N2O2. The summed E-state index contributed by atoms with van der Waals surface area (Å²) in [5.74, 6) is 2.16. The predicted molar refractivity (Wildman–Crippen MR) is 77.6 cm³/mol. The van der Waals surface area contributed by atoms with Crippen LogP contribution in [-0.2, 0) is 0 Å². The molecule has 20 heavy (non-hydrogen) atoms. The van der Waals surface area contributed by atoms with Crippen molar-refractivity contribution in [3.05, 3.63) is 23.7 Å². The standard InChI is InChI=1S/C16H22N2O2/c1-11-15(8-9-20-11)16(19)18-17-14-7-6-12-4-2-3-5-13(12)10-14/h8-9,12-13H,2-7,10H2,1H3,(H,18,19)/b17-14-/t12-,13+/m1/s1.